The first kappa shape index (κ1) is 18.5. The van der Waals surface area contributed by atoms with Gasteiger partial charge in [0.25, 0.3) is 0 Å². The normalized spacial score (nSPS) is 16.8. The molecule has 1 fully saturated rings. The average molecular weight is 378 g/mol. The molecule has 6 heteroatoms. The molecule has 6 nitrogen and oxygen atoms in total. The molecular weight excluding hydrogens is 352 g/mol. The molecule has 0 bridgehead atoms. The molecule has 2 heterocycles. The minimum Gasteiger partial charge on any atom is -0.369 e. The van der Waals surface area contributed by atoms with Crippen LogP contribution in [0.3, 0.4) is 0 Å². The fourth-order valence-corrected chi connectivity index (χ4v) is 3.86. The van der Waals surface area contributed by atoms with Crippen molar-refractivity contribution in [2.75, 3.05) is 54.9 Å². The highest BCUT2D eigenvalue weighted by Crippen LogP contribution is 2.28. The number of carbonyl (C=O) groups is 2. The number of fused-ring (bicyclic) bond motifs is 1. The Morgan fingerprint density at radius 2 is 1.64 bits per heavy atom. The predicted molar refractivity (Wildman–Crippen MR) is 112 cm³/mol. The van der Waals surface area contributed by atoms with Crippen LogP contribution in [-0.4, -0.2) is 56.5 Å². The third-order valence-corrected chi connectivity index (χ3v) is 5.52. The van der Waals surface area contributed by atoms with Crippen LogP contribution in [0.15, 0.2) is 48.5 Å². The van der Waals surface area contributed by atoms with Crippen molar-refractivity contribution in [1.82, 2.24) is 4.90 Å². The lowest BCUT2D eigenvalue weighted by molar-refractivity contribution is -0.125. The SMILES string of the molecule is CN1CCN(c2ccc(NC(=O)CC(=O)N3CCc4ccccc43)cc2)CC1. The molecule has 0 aliphatic carbocycles. The lowest BCUT2D eigenvalue weighted by Crippen LogP contribution is -2.44. The van der Waals surface area contributed by atoms with E-state index in [1.807, 2.05) is 48.5 Å². The number of benzene rings is 2. The Morgan fingerprint density at radius 3 is 2.39 bits per heavy atom. The molecule has 28 heavy (non-hydrogen) atoms. The number of hydrogen-bond donors (Lipinski definition) is 1. The van der Waals surface area contributed by atoms with Crippen LogP contribution in [0.25, 0.3) is 0 Å². The van der Waals surface area contributed by atoms with Gasteiger partial charge in [-0.1, -0.05) is 18.2 Å². The van der Waals surface area contributed by atoms with Crippen LogP contribution in [0.2, 0.25) is 0 Å². The molecule has 2 aromatic rings. The van der Waals surface area contributed by atoms with Gasteiger partial charge in [0.2, 0.25) is 11.8 Å². The molecule has 1 saturated heterocycles. The van der Waals surface area contributed by atoms with Crippen LogP contribution in [0.4, 0.5) is 17.1 Å². The molecule has 2 aliphatic rings. The summed E-state index contributed by atoms with van der Waals surface area (Å²) in [6.45, 7) is 4.77. The number of hydrogen-bond acceptors (Lipinski definition) is 4. The molecular formula is C22H26N4O2. The van der Waals surface area contributed by atoms with Gasteiger partial charge < -0.3 is 20.0 Å². The van der Waals surface area contributed by atoms with E-state index in [0.29, 0.717) is 6.54 Å². The Labute approximate surface area is 165 Å². The molecule has 0 spiro atoms. The van der Waals surface area contributed by atoms with E-state index in [1.54, 1.807) is 4.90 Å². The average Bonchev–Trinajstić information content (AvgIpc) is 3.13. The van der Waals surface area contributed by atoms with Crippen molar-refractivity contribution in [2.24, 2.45) is 0 Å². The molecule has 0 saturated carbocycles. The number of piperazine rings is 1. The minimum atomic E-state index is -0.276. The molecule has 0 unspecified atom stereocenters. The second kappa shape index (κ2) is 8.02. The Morgan fingerprint density at radius 1 is 0.929 bits per heavy atom. The lowest BCUT2D eigenvalue weighted by atomic mass is 10.2. The van der Waals surface area contributed by atoms with E-state index in [9.17, 15) is 9.59 Å². The number of nitrogens with zero attached hydrogens (tertiary/aromatic N) is 3. The van der Waals surface area contributed by atoms with E-state index in [-0.39, 0.29) is 18.2 Å². The number of carbonyl (C=O) groups excluding carboxylic acids is 2. The van der Waals surface area contributed by atoms with Crippen molar-refractivity contribution in [3.63, 3.8) is 0 Å². The van der Waals surface area contributed by atoms with Crippen molar-refractivity contribution in [2.45, 2.75) is 12.8 Å². The molecule has 2 aliphatic heterocycles. The summed E-state index contributed by atoms with van der Waals surface area (Å²) in [7, 11) is 2.14. The molecule has 0 atom stereocenters. The van der Waals surface area contributed by atoms with Gasteiger partial charge >= 0.3 is 0 Å². The summed E-state index contributed by atoms with van der Waals surface area (Å²) in [5, 5.41) is 2.84. The smallest absolute Gasteiger partial charge is 0.236 e. The summed E-state index contributed by atoms with van der Waals surface area (Å²) in [4.78, 5) is 31.3. The van der Waals surface area contributed by atoms with Crippen LogP contribution in [0.5, 0.6) is 0 Å². The molecule has 146 valence electrons. The zero-order chi connectivity index (χ0) is 19.5. The van der Waals surface area contributed by atoms with Gasteiger partial charge in [0.15, 0.2) is 0 Å². The fourth-order valence-electron chi connectivity index (χ4n) is 3.86. The van der Waals surface area contributed by atoms with Gasteiger partial charge in [-0.15, -0.1) is 0 Å². The van der Waals surface area contributed by atoms with Crippen molar-refractivity contribution >= 4 is 28.9 Å². The quantitative estimate of drug-likeness (QED) is 0.830. The first-order chi connectivity index (χ1) is 13.6. The Kier molecular flexibility index (Phi) is 5.30. The van der Waals surface area contributed by atoms with Gasteiger partial charge in [-0.05, 0) is 49.4 Å². The number of anilines is 3. The highest BCUT2D eigenvalue weighted by atomic mass is 16.2. The van der Waals surface area contributed by atoms with Crippen molar-refractivity contribution in [3.05, 3.63) is 54.1 Å². The van der Waals surface area contributed by atoms with Crippen molar-refractivity contribution < 1.29 is 9.59 Å². The van der Waals surface area contributed by atoms with Gasteiger partial charge in [-0.25, -0.2) is 0 Å². The van der Waals surface area contributed by atoms with Gasteiger partial charge in [-0.2, -0.15) is 0 Å². The van der Waals surface area contributed by atoms with E-state index in [2.05, 4.69) is 22.2 Å². The molecule has 0 aromatic heterocycles. The van der Waals surface area contributed by atoms with E-state index in [0.717, 1.165) is 55.2 Å². The topological polar surface area (TPSA) is 55.9 Å². The summed E-state index contributed by atoms with van der Waals surface area (Å²) < 4.78 is 0. The van der Waals surface area contributed by atoms with E-state index < -0.39 is 0 Å². The fraction of sp³-hybridized carbons (Fsp3) is 0.364. The van der Waals surface area contributed by atoms with Crippen molar-refractivity contribution in [3.8, 4) is 0 Å². The third kappa shape index (κ3) is 4.02. The zero-order valence-electron chi connectivity index (χ0n) is 16.2. The van der Waals surface area contributed by atoms with Gasteiger partial charge in [0, 0.05) is 49.8 Å². The molecule has 4 rings (SSSR count). The highest BCUT2D eigenvalue weighted by Gasteiger charge is 2.25. The second-order valence-electron chi connectivity index (χ2n) is 7.49. The number of amides is 2. The van der Waals surface area contributed by atoms with Gasteiger partial charge in [0.05, 0.1) is 0 Å². The second-order valence-corrected chi connectivity index (χ2v) is 7.49. The predicted octanol–water partition coefficient (Wildman–Crippen LogP) is 2.36. The maximum atomic E-state index is 12.6. The first-order valence-corrected chi connectivity index (χ1v) is 9.82. The summed E-state index contributed by atoms with van der Waals surface area (Å²) in [5.41, 5.74) is 3.97. The van der Waals surface area contributed by atoms with Crippen molar-refractivity contribution in [1.29, 1.82) is 0 Å². The summed E-state index contributed by atoms with van der Waals surface area (Å²) in [5.74, 6) is -0.432. The highest BCUT2D eigenvalue weighted by molar-refractivity contribution is 6.09. The summed E-state index contributed by atoms with van der Waals surface area (Å²) >= 11 is 0. The van der Waals surface area contributed by atoms with Crippen LogP contribution < -0.4 is 15.1 Å². The van der Waals surface area contributed by atoms with Crippen LogP contribution in [0, 0.1) is 0 Å². The minimum absolute atomic E-state index is 0.144. The van der Waals surface area contributed by atoms with Gasteiger partial charge in [-0.3, -0.25) is 9.59 Å². The van der Waals surface area contributed by atoms with E-state index >= 15 is 0 Å². The number of rotatable bonds is 4. The Balaban J connectivity index is 1.32. The molecule has 0 radical (unpaired) electrons. The Hall–Kier alpha value is -2.86. The number of para-hydroxylation sites is 1. The van der Waals surface area contributed by atoms with Crippen LogP contribution in [-0.2, 0) is 16.0 Å². The van der Waals surface area contributed by atoms with Crippen LogP contribution >= 0.6 is 0 Å². The Bertz CT molecular complexity index is 857. The third-order valence-electron chi connectivity index (χ3n) is 5.52. The largest absolute Gasteiger partial charge is 0.369 e. The standard InChI is InChI=1S/C22H26N4O2/c1-24-12-14-25(15-13-24)19-8-6-18(7-9-19)23-21(27)16-22(28)26-11-10-17-4-2-3-5-20(17)26/h2-9H,10-16H2,1H3,(H,23,27). The molecule has 1 N–H and O–H groups in total. The summed E-state index contributed by atoms with van der Waals surface area (Å²) in [6.07, 6.45) is 0.700. The number of likely N-dealkylation sites (N-methyl/N-ethyl adjacent to an activating group) is 1. The zero-order valence-corrected chi connectivity index (χ0v) is 16.2. The summed E-state index contributed by atoms with van der Waals surface area (Å²) in [6, 6.07) is 15.7. The first-order valence-electron chi connectivity index (χ1n) is 9.82. The maximum Gasteiger partial charge on any atom is 0.236 e. The van der Waals surface area contributed by atoms with Gasteiger partial charge in [0.1, 0.15) is 6.42 Å². The number of nitrogens with one attached hydrogen (secondary N) is 1. The lowest BCUT2D eigenvalue weighted by Gasteiger charge is -2.34. The molecule has 2 amide bonds. The van der Waals surface area contributed by atoms with E-state index in [4.69, 9.17) is 0 Å². The monoisotopic (exact) mass is 378 g/mol. The van der Waals surface area contributed by atoms with Crippen LogP contribution in [0.1, 0.15) is 12.0 Å². The maximum absolute atomic E-state index is 12.6. The molecule has 2 aromatic carbocycles. The van der Waals surface area contributed by atoms with E-state index in [1.165, 1.54) is 0 Å².